The number of benzene rings is 1. The predicted molar refractivity (Wildman–Crippen MR) is 232 cm³/mol. The molecule has 0 aliphatic carbocycles. The smallest absolute Gasteiger partial charge is 0.325 e. The third-order valence-electron chi connectivity index (χ3n) is 11.1. The lowest BCUT2D eigenvalue weighted by Gasteiger charge is -2.40. The highest BCUT2D eigenvalue weighted by molar-refractivity contribution is 5.98. The number of Topliss-reactive ketones (excluding diaryl/α,β-unsaturated/α-hetero) is 1. The van der Waals surface area contributed by atoms with Crippen LogP contribution in [-0.2, 0) is 35.1 Å². The maximum atomic E-state index is 14.5. The Morgan fingerprint density at radius 1 is 1.06 bits per heavy atom. The highest BCUT2D eigenvalue weighted by Gasteiger charge is 2.39. The lowest BCUT2D eigenvalue weighted by atomic mass is 9.84. The van der Waals surface area contributed by atoms with Gasteiger partial charge in [-0.15, -0.1) is 0 Å². The van der Waals surface area contributed by atoms with Gasteiger partial charge in [-0.2, -0.15) is 4.39 Å². The molecule has 16 nitrogen and oxygen atoms in total. The summed E-state index contributed by atoms with van der Waals surface area (Å²) in [5.74, 6) is -9.23. The second-order valence-corrected chi connectivity index (χ2v) is 16.5. The third-order valence-corrected chi connectivity index (χ3v) is 11.1. The van der Waals surface area contributed by atoms with E-state index in [1.54, 1.807) is 57.2 Å². The molecule has 2 aliphatic heterocycles. The van der Waals surface area contributed by atoms with Gasteiger partial charge in [0.05, 0.1) is 24.2 Å². The Morgan fingerprint density at radius 2 is 1.81 bits per heavy atom. The molecule has 1 aromatic heterocycles. The van der Waals surface area contributed by atoms with E-state index in [0.29, 0.717) is 17.8 Å². The molecule has 2 aromatic rings. The molecule has 10 atom stereocenters. The number of ether oxygens (including phenoxy) is 1. The third kappa shape index (κ3) is 15.0. The number of anilines is 1. The molecule has 64 heavy (non-hydrogen) atoms. The van der Waals surface area contributed by atoms with Crippen LogP contribution in [0.2, 0.25) is 0 Å². The van der Waals surface area contributed by atoms with Crippen LogP contribution in [0.15, 0.2) is 84.6 Å². The number of carbonyl (C=O) groups is 5. The number of rotatable bonds is 10. The van der Waals surface area contributed by atoms with E-state index in [0.717, 1.165) is 12.1 Å². The summed E-state index contributed by atoms with van der Waals surface area (Å²) in [6.45, 7) is 8.01. The fourth-order valence-corrected chi connectivity index (χ4v) is 7.26. The van der Waals surface area contributed by atoms with Crippen LogP contribution in [0, 0.1) is 29.4 Å². The van der Waals surface area contributed by atoms with Gasteiger partial charge in [-0.1, -0.05) is 63.3 Å². The SMILES string of the molecule is CC(=O)CCC1C(=O)NC(C(C)C)C(=O)NC(Cc2cc(O)c(F)c(F)c2)C(O)N2CCCC(N2)C(=O)OC(C(C)=CC=CC(=O)Nc2ccccn2)CC=CC=CC(O)C(C)C1O. The Morgan fingerprint density at radius 3 is 2.48 bits per heavy atom. The minimum Gasteiger partial charge on any atom is -0.505 e. The minimum atomic E-state index is -1.64. The molecular weight excluding hydrogens is 835 g/mol. The first-order valence-electron chi connectivity index (χ1n) is 21.3. The number of ketones is 1. The van der Waals surface area contributed by atoms with Gasteiger partial charge in [0.25, 0.3) is 0 Å². The number of allylic oxidation sites excluding steroid dienone is 4. The lowest BCUT2D eigenvalue weighted by Crippen LogP contribution is -2.64. The molecule has 1 saturated heterocycles. The van der Waals surface area contributed by atoms with E-state index in [4.69, 9.17) is 4.74 Å². The van der Waals surface area contributed by atoms with Gasteiger partial charge < -0.3 is 45.9 Å². The van der Waals surface area contributed by atoms with Gasteiger partial charge in [0, 0.05) is 37.6 Å². The van der Waals surface area contributed by atoms with Crippen molar-refractivity contribution in [2.75, 3.05) is 11.9 Å². The summed E-state index contributed by atoms with van der Waals surface area (Å²) in [4.78, 5) is 70.6. The molecule has 10 unspecified atom stereocenters. The number of hydrogen-bond acceptors (Lipinski definition) is 13. The first-order chi connectivity index (χ1) is 30.4. The van der Waals surface area contributed by atoms with Crippen molar-refractivity contribution in [3.63, 3.8) is 0 Å². The normalized spacial score (nSPS) is 28.1. The van der Waals surface area contributed by atoms with Crippen LogP contribution in [0.5, 0.6) is 5.75 Å². The largest absolute Gasteiger partial charge is 0.505 e. The molecule has 3 heterocycles. The van der Waals surface area contributed by atoms with Gasteiger partial charge in [0.15, 0.2) is 17.4 Å². The van der Waals surface area contributed by atoms with Crippen LogP contribution >= 0.6 is 0 Å². The van der Waals surface area contributed by atoms with Crippen LogP contribution in [0.1, 0.15) is 72.3 Å². The zero-order valence-electron chi connectivity index (χ0n) is 36.6. The van der Waals surface area contributed by atoms with E-state index in [1.807, 2.05) is 0 Å². The average Bonchev–Trinajstić information content (AvgIpc) is 3.25. The monoisotopic (exact) mass is 894 g/mol. The minimum absolute atomic E-state index is 0.00396. The Kier molecular flexibility index (Phi) is 19.4. The van der Waals surface area contributed by atoms with Gasteiger partial charge in [0.1, 0.15) is 36.0 Å². The summed E-state index contributed by atoms with van der Waals surface area (Å²) in [6.07, 6.45) is 7.11. The Bertz CT molecular complexity index is 2040. The maximum absolute atomic E-state index is 14.5. The van der Waals surface area contributed by atoms with Crippen LogP contribution in [0.3, 0.4) is 0 Å². The summed E-state index contributed by atoms with van der Waals surface area (Å²) in [5.41, 5.74) is 3.52. The van der Waals surface area contributed by atoms with Crippen molar-refractivity contribution in [2.24, 2.45) is 17.8 Å². The highest BCUT2D eigenvalue weighted by Crippen LogP contribution is 2.26. The number of nitrogens with one attached hydrogen (secondary N) is 4. The number of aliphatic hydroxyl groups excluding tert-OH is 3. The summed E-state index contributed by atoms with van der Waals surface area (Å²) >= 11 is 0. The van der Waals surface area contributed by atoms with Crippen LogP contribution < -0.4 is 21.4 Å². The second kappa shape index (κ2) is 24.4. The number of halogens is 2. The first-order valence-corrected chi connectivity index (χ1v) is 21.3. The van der Waals surface area contributed by atoms with Crippen molar-refractivity contribution in [3.8, 4) is 5.75 Å². The summed E-state index contributed by atoms with van der Waals surface area (Å²) in [6, 6.07) is 3.20. The van der Waals surface area contributed by atoms with E-state index in [-0.39, 0.29) is 50.0 Å². The van der Waals surface area contributed by atoms with Gasteiger partial charge in [0.2, 0.25) is 17.7 Å². The Hall–Kier alpha value is -5.66. The van der Waals surface area contributed by atoms with E-state index in [1.165, 1.54) is 49.4 Å². The molecule has 4 rings (SSSR count). The van der Waals surface area contributed by atoms with Gasteiger partial charge in [-0.3, -0.25) is 19.2 Å². The Labute approximate surface area is 371 Å². The number of phenolic OH excluding ortho intramolecular Hbond substituents is 1. The zero-order valence-corrected chi connectivity index (χ0v) is 36.6. The summed E-state index contributed by atoms with van der Waals surface area (Å²) in [7, 11) is 0. The molecule has 8 N–H and O–H groups in total. The number of hydrazine groups is 1. The standard InChI is InChI=1S/C46H60F2N6O10/c1-26(2)41-44(61)50-34(24-30-23-32(47)40(48)36(57)25-30)45(62)54-22-12-14-33(53-54)46(63)64-37(27(3)13-11-18-39(58)51-38-17-9-10-21-49-38)16-8-6-7-15-35(56)29(5)42(59)31(43(60)52-41)20-19-28(4)55/h6-11,13,15,17-18,21,23,25-26,29,31,33-35,37,41-42,45,53,56-57,59,62H,12,14,16,19-20,22,24H2,1-5H3,(H,50,61)(H,52,60)(H,49,51,58). The van der Waals surface area contributed by atoms with Crippen LogP contribution in [0.4, 0.5) is 14.6 Å². The fraction of sp³-hybridized carbons (Fsp3) is 0.478. The molecule has 18 heteroatoms. The summed E-state index contributed by atoms with van der Waals surface area (Å²) < 4.78 is 34.6. The van der Waals surface area contributed by atoms with E-state index in [2.05, 4.69) is 26.4 Å². The molecular formula is C46H60F2N6O10. The molecule has 1 aromatic carbocycles. The van der Waals surface area contributed by atoms with Crippen molar-refractivity contribution in [1.82, 2.24) is 26.1 Å². The molecule has 0 radical (unpaired) electrons. The van der Waals surface area contributed by atoms with Crippen molar-refractivity contribution >= 4 is 35.3 Å². The average molecular weight is 895 g/mol. The number of cyclic esters (lactones) is 1. The van der Waals surface area contributed by atoms with Crippen molar-refractivity contribution in [2.45, 2.75) is 116 Å². The van der Waals surface area contributed by atoms with Gasteiger partial charge >= 0.3 is 5.97 Å². The second-order valence-electron chi connectivity index (χ2n) is 16.5. The number of amides is 3. The zero-order chi connectivity index (χ0) is 47.1. The molecule has 2 aliphatic rings. The molecule has 3 amide bonds. The number of fused-ring (bicyclic) bond motifs is 2. The number of carbonyl (C=O) groups excluding carboxylic acids is 5. The molecule has 0 saturated carbocycles. The number of aromatic nitrogens is 1. The quantitative estimate of drug-likeness (QED) is 0.0971. The molecule has 348 valence electrons. The van der Waals surface area contributed by atoms with E-state index >= 15 is 0 Å². The fourth-order valence-electron chi connectivity index (χ4n) is 7.26. The Balaban J connectivity index is 1.72. The van der Waals surface area contributed by atoms with Crippen molar-refractivity contribution < 1.29 is 57.9 Å². The highest BCUT2D eigenvalue weighted by atomic mass is 19.2. The number of esters is 1. The lowest BCUT2D eigenvalue weighted by molar-refractivity contribution is -0.157. The molecule has 1 fully saturated rings. The van der Waals surface area contributed by atoms with Crippen LogP contribution in [0.25, 0.3) is 0 Å². The van der Waals surface area contributed by atoms with E-state index in [9.17, 15) is 53.2 Å². The van der Waals surface area contributed by atoms with Gasteiger partial charge in [-0.25, -0.2) is 19.8 Å². The van der Waals surface area contributed by atoms with Gasteiger partial charge in [-0.05, 0) is 80.9 Å². The number of aromatic hydroxyl groups is 1. The number of hydrogen-bond donors (Lipinski definition) is 8. The summed E-state index contributed by atoms with van der Waals surface area (Å²) in [5, 5.41) is 53.9. The molecule has 0 spiro atoms. The van der Waals surface area contributed by atoms with Crippen molar-refractivity contribution in [3.05, 3.63) is 102 Å². The number of phenols is 1. The van der Waals surface area contributed by atoms with Crippen molar-refractivity contribution in [1.29, 1.82) is 0 Å². The predicted octanol–water partition coefficient (Wildman–Crippen LogP) is 3.43. The number of nitrogens with zero attached hydrogens (tertiary/aromatic N) is 2. The van der Waals surface area contributed by atoms with E-state index < -0.39 is 101 Å². The van der Waals surface area contributed by atoms with Crippen LogP contribution in [-0.4, -0.2) is 109 Å². The number of aliphatic hydroxyl groups is 3. The first kappa shape index (κ1) is 51.0. The molecule has 2 bridgehead atoms. The number of pyridine rings is 1. The topological polar surface area (TPSA) is 240 Å². The maximum Gasteiger partial charge on any atom is 0.325 e.